The predicted octanol–water partition coefficient (Wildman–Crippen LogP) is 3.11. The molecule has 0 aliphatic carbocycles. The molecule has 0 amide bonds. The topological polar surface area (TPSA) is 17.3 Å². The van der Waals surface area contributed by atoms with Crippen LogP contribution < -0.4 is 0 Å². The van der Waals surface area contributed by atoms with Gasteiger partial charge in [-0.1, -0.05) is 25.4 Å². The average molecular weight is 195 g/mol. The largest absolute Gasteiger partial charge is 0.239 e. The minimum atomic E-state index is 0.499. The molecule has 0 radical (unpaired) electrons. The van der Waals surface area contributed by atoms with E-state index in [0.29, 0.717) is 10.9 Å². The molecule has 2 nitrogen and oxygen atoms in total. The third-order valence-electron chi connectivity index (χ3n) is 2.13. The summed E-state index contributed by atoms with van der Waals surface area (Å²) in [7, 11) is 0. The Hall–Kier alpha value is -1.02. The highest BCUT2D eigenvalue weighted by molar-refractivity contribution is 6.30. The number of aromatic nitrogens is 2. The lowest BCUT2D eigenvalue weighted by atomic mass is 10.1. The summed E-state index contributed by atoms with van der Waals surface area (Å²) in [5.41, 5.74) is 2.40. The van der Waals surface area contributed by atoms with Crippen LogP contribution in [0.3, 0.4) is 0 Å². The van der Waals surface area contributed by atoms with Crippen molar-refractivity contribution in [1.82, 2.24) is 9.61 Å². The van der Waals surface area contributed by atoms with Crippen LogP contribution in [0.1, 0.15) is 25.3 Å². The summed E-state index contributed by atoms with van der Waals surface area (Å²) in [4.78, 5) is 0. The maximum atomic E-state index is 5.85. The standard InChI is InChI=1S/C10H11ClN2/c1-7(2)9-5-12-13-6-8(11)3-4-10(9)13/h3-7H,1-2H3. The van der Waals surface area contributed by atoms with E-state index in [9.17, 15) is 0 Å². The second kappa shape index (κ2) is 3.04. The number of hydrogen-bond donors (Lipinski definition) is 0. The number of halogens is 1. The lowest BCUT2D eigenvalue weighted by molar-refractivity contribution is 0.875. The van der Waals surface area contributed by atoms with Crippen LogP contribution in [0.5, 0.6) is 0 Å². The fourth-order valence-electron chi connectivity index (χ4n) is 1.42. The van der Waals surface area contributed by atoms with Crippen LogP contribution in [-0.4, -0.2) is 9.61 Å². The van der Waals surface area contributed by atoms with Crippen LogP contribution >= 0.6 is 11.6 Å². The highest BCUT2D eigenvalue weighted by atomic mass is 35.5. The van der Waals surface area contributed by atoms with Crippen molar-refractivity contribution in [2.75, 3.05) is 0 Å². The van der Waals surface area contributed by atoms with Gasteiger partial charge in [0.25, 0.3) is 0 Å². The summed E-state index contributed by atoms with van der Waals surface area (Å²) in [6, 6.07) is 3.90. The Morgan fingerprint density at radius 3 is 2.85 bits per heavy atom. The molecule has 68 valence electrons. The molecular weight excluding hydrogens is 184 g/mol. The van der Waals surface area contributed by atoms with E-state index in [1.165, 1.54) is 5.56 Å². The Bertz CT molecular complexity index is 431. The average Bonchev–Trinajstić information content (AvgIpc) is 2.46. The third-order valence-corrected chi connectivity index (χ3v) is 2.36. The SMILES string of the molecule is CC(C)c1cnn2cc(Cl)ccc12. The summed E-state index contributed by atoms with van der Waals surface area (Å²) in [6.45, 7) is 4.32. The Labute approximate surface area is 82.1 Å². The summed E-state index contributed by atoms with van der Waals surface area (Å²) in [6.07, 6.45) is 3.72. The third kappa shape index (κ3) is 1.42. The number of hydrogen-bond acceptors (Lipinski definition) is 1. The normalized spacial score (nSPS) is 11.4. The van der Waals surface area contributed by atoms with Crippen molar-refractivity contribution in [2.45, 2.75) is 19.8 Å². The first kappa shape index (κ1) is 8.57. The minimum Gasteiger partial charge on any atom is -0.239 e. The van der Waals surface area contributed by atoms with E-state index in [0.717, 1.165) is 5.52 Å². The molecule has 0 aliphatic heterocycles. The van der Waals surface area contributed by atoms with Gasteiger partial charge < -0.3 is 0 Å². The monoisotopic (exact) mass is 194 g/mol. The van der Waals surface area contributed by atoms with Gasteiger partial charge in [-0.25, -0.2) is 4.52 Å². The summed E-state index contributed by atoms with van der Waals surface area (Å²) < 4.78 is 1.82. The smallest absolute Gasteiger partial charge is 0.0697 e. The number of nitrogens with zero attached hydrogens (tertiary/aromatic N) is 2. The molecule has 0 aliphatic rings. The van der Waals surface area contributed by atoms with Crippen LogP contribution in [0, 0.1) is 0 Å². The molecule has 2 rings (SSSR count). The van der Waals surface area contributed by atoms with Gasteiger partial charge in [-0.2, -0.15) is 5.10 Å². The second-order valence-electron chi connectivity index (χ2n) is 3.43. The molecule has 0 fully saturated rings. The van der Waals surface area contributed by atoms with E-state index in [1.54, 1.807) is 0 Å². The van der Waals surface area contributed by atoms with Gasteiger partial charge in [-0.15, -0.1) is 0 Å². The van der Waals surface area contributed by atoms with E-state index < -0.39 is 0 Å². The van der Waals surface area contributed by atoms with Crippen molar-refractivity contribution in [3.05, 3.63) is 35.1 Å². The Balaban J connectivity index is 2.69. The first-order chi connectivity index (χ1) is 6.18. The van der Waals surface area contributed by atoms with Gasteiger partial charge in [0.2, 0.25) is 0 Å². The van der Waals surface area contributed by atoms with Crippen molar-refractivity contribution in [3.63, 3.8) is 0 Å². The van der Waals surface area contributed by atoms with E-state index in [-0.39, 0.29) is 0 Å². The van der Waals surface area contributed by atoms with Crippen molar-refractivity contribution in [2.24, 2.45) is 0 Å². The first-order valence-electron chi connectivity index (χ1n) is 4.31. The van der Waals surface area contributed by atoms with E-state index in [4.69, 9.17) is 11.6 Å². The molecule has 2 aromatic rings. The van der Waals surface area contributed by atoms with Crippen molar-refractivity contribution < 1.29 is 0 Å². The van der Waals surface area contributed by atoms with Gasteiger partial charge in [-0.3, -0.25) is 0 Å². The zero-order valence-corrected chi connectivity index (χ0v) is 8.42. The Morgan fingerprint density at radius 1 is 1.38 bits per heavy atom. The highest BCUT2D eigenvalue weighted by Crippen LogP contribution is 2.21. The molecule has 0 saturated carbocycles. The van der Waals surface area contributed by atoms with Gasteiger partial charge >= 0.3 is 0 Å². The van der Waals surface area contributed by atoms with Crippen LogP contribution in [0.2, 0.25) is 5.02 Å². The van der Waals surface area contributed by atoms with Crippen LogP contribution in [0.15, 0.2) is 24.5 Å². The maximum Gasteiger partial charge on any atom is 0.0697 e. The first-order valence-corrected chi connectivity index (χ1v) is 4.69. The fourth-order valence-corrected chi connectivity index (χ4v) is 1.58. The predicted molar refractivity (Wildman–Crippen MR) is 54.3 cm³/mol. The molecule has 2 aromatic heterocycles. The van der Waals surface area contributed by atoms with Gasteiger partial charge in [0.15, 0.2) is 0 Å². The quantitative estimate of drug-likeness (QED) is 0.682. The summed E-state index contributed by atoms with van der Waals surface area (Å²) >= 11 is 5.85. The molecule has 0 unspecified atom stereocenters. The van der Waals surface area contributed by atoms with Crippen LogP contribution in [0.4, 0.5) is 0 Å². The lowest BCUT2D eigenvalue weighted by Gasteiger charge is -2.01. The van der Waals surface area contributed by atoms with E-state index in [2.05, 4.69) is 18.9 Å². The zero-order chi connectivity index (χ0) is 9.42. The molecule has 2 heterocycles. The zero-order valence-electron chi connectivity index (χ0n) is 7.66. The van der Waals surface area contributed by atoms with Gasteiger partial charge in [0, 0.05) is 11.8 Å². The minimum absolute atomic E-state index is 0.499. The number of pyridine rings is 1. The van der Waals surface area contributed by atoms with Crippen molar-refractivity contribution in [3.8, 4) is 0 Å². The fraction of sp³-hybridized carbons (Fsp3) is 0.300. The van der Waals surface area contributed by atoms with Crippen LogP contribution in [-0.2, 0) is 0 Å². The molecule has 0 spiro atoms. The van der Waals surface area contributed by atoms with Crippen molar-refractivity contribution >= 4 is 17.1 Å². The Kier molecular flexibility index (Phi) is 2.00. The molecule has 0 N–H and O–H groups in total. The molecule has 0 aromatic carbocycles. The maximum absolute atomic E-state index is 5.85. The number of fused-ring (bicyclic) bond motifs is 1. The molecular formula is C10H11ClN2. The Morgan fingerprint density at radius 2 is 2.15 bits per heavy atom. The lowest BCUT2D eigenvalue weighted by Crippen LogP contribution is -1.88. The molecule has 0 atom stereocenters. The van der Waals surface area contributed by atoms with Gasteiger partial charge in [-0.05, 0) is 18.1 Å². The van der Waals surface area contributed by atoms with E-state index >= 15 is 0 Å². The second-order valence-corrected chi connectivity index (χ2v) is 3.87. The summed E-state index contributed by atoms with van der Waals surface area (Å²) in [5, 5.41) is 4.95. The van der Waals surface area contributed by atoms with Gasteiger partial charge in [0.1, 0.15) is 0 Å². The molecule has 0 bridgehead atoms. The molecule has 13 heavy (non-hydrogen) atoms. The van der Waals surface area contributed by atoms with Crippen LogP contribution in [0.25, 0.3) is 5.52 Å². The summed E-state index contributed by atoms with van der Waals surface area (Å²) in [5.74, 6) is 0.499. The van der Waals surface area contributed by atoms with Crippen molar-refractivity contribution in [1.29, 1.82) is 0 Å². The molecule has 3 heteroatoms. The number of rotatable bonds is 1. The van der Waals surface area contributed by atoms with Gasteiger partial charge in [0.05, 0.1) is 16.7 Å². The van der Waals surface area contributed by atoms with E-state index in [1.807, 2.05) is 29.0 Å². The molecule has 0 saturated heterocycles. The highest BCUT2D eigenvalue weighted by Gasteiger charge is 2.06.